The molecule has 1 aromatic rings. The van der Waals surface area contributed by atoms with Crippen molar-refractivity contribution >= 4 is 15.7 Å². The number of anilines is 1. The molecule has 2 rings (SSSR count). The van der Waals surface area contributed by atoms with Gasteiger partial charge in [0.2, 0.25) is 10.0 Å². The second kappa shape index (κ2) is 5.16. The lowest BCUT2D eigenvalue weighted by atomic mass is 10.2. The van der Waals surface area contributed by atoms with Gasteiger partial charge < -0.3 is 10.5 Å². The van der Waals surface area contributed by atoms with Crippen LogP contribution in [0.4, 0.5) is 5.69 Å². The molecule has 0 aliphatic carbocycles. The summed E-state index contributed by atoms with van der Waals surface area (Å²) in [6.45, 7) is 1.14. The van der Waals surface area contributed by atoms with Crippen LogP contribution >= 0.6 is 0 Å². The average Bonchev–Trinajstić information content (AvgIpc) is 2.40. The molecule has 1 fully saturated rings. The number of benzene rings is 1. The van der Waals surface area contributed by atoms with Gasteiger partial charge in [-0.1, -0.05) is 6.42 Å². The van der Waals surface area contributed by atoms with E-state index in [0.717, 1.165) is 19.3 Å². The van der Waals surface area contributed by atoms with Crippen molar-refractivity contribution in [3.05, 3.63) is 18.2 Å². The maximum atomic E-state index is 12.5. The van der Waals surface area contributed by atoms with Crippen LogP contribution in [0, 0.1) is 0 Å². The molecule has 100 valence electrons. The molecule has 1 heterocycles. The summed E-state index contributed by atoms with van der Waals surface area (Å²) in [6, 6.07) is 4.71. The fourth-order valence-electron chi connectivity index (χ4n) is 2.11. The third kappa shape index (κ3) is 2.44. The Balaban J connectivity index is 2.39. The van der Waals surface area contributed by atoms with E-state index in [1.54, 1.807) is 12.1 Å². The van der Waals surface area contributed by atoms with Gasteiger partial charge in [-0.25, -0.2) is 8.42 Å². The maximum absolute atomic E-state index is 12.5. The normalized spacial score (nSPS) is 17.6. The van der Waals surface area contributed by atoms with Gasteiger partial charge in [-0.15, -0.1) is 0 Å². The number of nitrogen functional groups attached to an aromatic ring is 1. The van der Waals surface area contributed by atoms with E-state index in [-0.39, 0.29) is 10.6 Å². The zero-order valence-corrected chi connectivity index (χ0v) is 11.2. The minimum atomic E-state index is -3.50. The first kappa shape index (κ1) is 13.2. The predicted octanol–water partition coefficient (Wildman–Crippen LogP) is 1.45. The summed E-state index contributed by atoms with van der Waals surface area (Å²) < 4.78 is 31.5. The molecule has 0 spiro atoms. The molecule has 5 nitrogen and oxygen atoms in total. The van der Waals surface area contributed by atoms with Gasteiger partial charge in [0.25, 0.3) is 0 Å². The van der Waals surface area contributed by atoms with Crippen LogP contribution in [0.25, 0.3) is 0 Å². The van der Waals surface area contributed by atoms with Crippen molar-refractivity contribution < 1.29 is 13.2 Å². The predicted molar refractivity (Wildman–Crippen MR) is 70.0 cm³/mol. The minimum absolute atomic E-state index is 0.142. The summed E-state index contributed by atoms with van der Waals surface area (Å²) in [6.07, 6.45) is 2.89. The third-order valence-corrected chi connectivity index (χ3v) is 5.11. The van der Waals surface area contributed by atoms with Gasteiger partial charge in [-0.3, -0.25) is 0 Å². The van der Waals surface area contributed by atoms with E-state index in [0.29, 0.717) is 18.8 Å². The minimum Gasteiger partial charge on any atom is -0.497 e. The number of hydrogen-bond donors (Lipinski definition) is 1. The molecule has 18 heavy (non-hydrogen) atoms. The summed E-state index contributed by atoms with van der Waals surface area (Å²) >= 11 is 0. The van der Waals surface area contributed by atoms with E-state index in [4.69, 9.17) is 10.5 Å². The second-order valence-corrected chi connectivity index (χ2v) is 6.27. The highest BCUT2D eigenvalue weighted by molar-refractivity contribution is 7.89. The number of ether oxygens (including phenoxy) is 1. The van der Waals surface area contributed by atoms with Crippen molar-refractivity contribution in [1.82, 2.24) is 4.31 Å². The molecule has 0 saturated carbocycles. The lowest BCUT2D eigenvalue weighted by Crippen LogP contribution is -2.35. The van der Waals surface area contributed by atoms with Gasteiger partial charge in [0.1, 0.15) is 10.6 Å². The Morgan fingerprint density at radius 3 is 2.50 bits per heavy atom. The van der Waals surface area contributed by atoms with Crippen LogP contribution in [-0.4, -0.2) is 32.9 Å². The molecule has 6 heteroatoms. The van der Waals surface area contributed by atoms with E-state index in [2.05, 4.69) is 0 Å². The molecule has 0 aromatic heterocycles. The van der Waals surface area contributed by atoms with Gasteiger partial charge in [0.05, 0.1) is 12.8 Å². The van der Waals surface area contributed by atoms with Crippen molar-refractivity contribution in [2.45, 2.75) is 24.2 Å². The monoisotopic (exact) mass is 270 g/mol. The first-order valence-corrected chi connectivity index (χ1v) is 7.43. The Bertz CT molecular complexity index is 522. The topological polar surface area (TPSA) is 72.6 Å². The molecule has 0 amide bonds. The van der Waals surface area contributed by atoms with Crippen LogP contribution in [0.3, 0.4) is 0 Å². The van der Waals surface area contributed by atoms with Crippen molar-refractivity contribution in [2.75, 3.05) is 25.9 Å². The first-order chi connectivity index (χ1) is 8.55. The summed E-state index contributed by atoms with van der Waals surface area (Å²) in [4.78, 5) is 0.142. The van der Waals surface area contributed by atoms with Crippen LogP contribution in [0.5, 0.6) is 5.75 Å². The Morgan fingerprint density at radius 1 is 1.22 bits per heavy atom. The number of piperidine rings is 1. The first-order valence-electron chi connectivity index (χ1n) is 5.99. The van der Waals surface area contributed by atoms with E-state index < -0.39 is 10.0 Å². The third-order valence-electron chi connectivity index (χ3n) is 3.15. The molecular weight excluding hydrogens is 252 g/mol. The van der Waals surface area contributed by atoms with Crippen LogP contribution in [0.1, 0.15) is 19.3 Å². The standard InChI is InChI=1S/C12H18N2O3S/c1-17-10-5-6-11(13)12(9-10)18(15,16)14-7-3-2-4-8-14/h5-6,9H,2-4,7-8,13H2,1H3. The van der Waals surface area contributed by atoms with Crippen molar-refractivity contribution in [2.24, 2.45) is 0 Å². The number of methoxy groups -OCH3 is 1. The lowest BCUT2D eigenvalue weighted by molar-refractivity contribution is 0.346. The number of hydrogen-bond acceptors (Lipinski definition) is 4. The average molecular weight is 270 g/mol. The van der Waals surface area contributed by atoms with E-state index in [1.807, 2.05) is 0 Å². The molecule has 1 aliphatic heterocycles. The highest BCUT2D eigenvalue weighted by Crippen LogP contribution is 2.28. The fourth-order valence-corrected chi connectivity index (χ4v) is 3.76. The Labute approximate surface area is 108 Å². The zero-order valence-electron chi connectivity index (χ0n) is 10.4. The molecule has 2 N–H and O–H groups in total. The molecule has 0 radical (unpaired) electrons. The molecule has 1 aliphatic rings. The SMILES string of the molecule is COc1ccc(N)c(S(=O)(=O)N2CCCCC2)c1. The smallest absolute Gasteiger partial charge is 0.245 e. The Hall–Kier alpha value is -1.27. The molecule has 0 atom stereocenters. The van der Waals surface area contributed by atoms with Gasteiger partial charge in [-0.2, -0.15) is 4.31 Å². The fraction of sp³-hybridized carbons (Fsp3) is 0.500. The molecule has 1 saturated heterocycles. The van der Waals surface area contributed by atoms with E-state index in [1.165, 1.54) is 17.5 Å². The highest BCUT2D eigenvalue weighted by Gasteiger charge is 2.28. The maximum Gasteiger partial charge on any atom is 0.245 e. The number of nitrogens with zero attached hydrogens (tertiary/aromatic N) is 1. The molecule has 0 bridgehead atoms. The quantitative estimate of drug-likeness (QED) is 0.844. The van der Waals surface area contributed by atoms with Gasteiger partial charge in [0.15, 0.2) is 0 Å². The van der Waals surface area contributed by atoms with Crippen LogP contribution in [-0.2, 0) is 10.0 Å². The van der Waals surface area contributed by atoms with Crippen molar-refractivity contribution in [3.8, 4) is 5.75 Å². The van der Waals surface area contributed by atoms with E-state index in [9.17, 15) is 8.42 Å². The van der Waals surface area contributed by atoms with Gasteiger partial charge in [0, 0.05) is 19.2 Å². The van der Waals surface area contributed by atoms with Crippen LogP contribution in [0.15, 0.2) is 23.1 Å². The van der Waals surface area contributed by atoms with E-state index >= 15 is 0 Å². The Kier molecular flexibility index (Phi) is 3.77. The van der Waals surface area contributed by atoms with Crippen LogP contribution in [0.2, 0.25) is 0 Å². The second-order valence-electron chi connectivity index (χ2n) is 4.37. The summed E-state index contributed by atoms with van der Waals surface area (Å²) in [7, 11) is -1.99. The van der Waals surface area contributed by atoms with Gasteiger partial charge in [-0.05, 0) is 25.0 Å². The summed E-state index contributed by atoms with van der Waals surface area (Å²) in [5, 5.41) is 0. The van der Waals surface area contributed by atoms with Crippen LogP contribution < -0.4 is 10.5 Å². The Morgan fingerprint density at radius 2 is 1.89 bits per heavy atom. The summed E-state index contributed by atoms with van der Waals surface area (Å²) in [5.41, 5.74) is 6.04. The number of nitrogens with two attached hydrogens (primary N) is 1. The largest absolute Gasteiger partial charge is 0.497 e. The number of sulfonamides is 1. The zero-order chi connectivity index (χ0) is 13.2. The highest BCUT2D eigenvalue weighted by atomic mass is 32.2. The van der Waals surface area contributed by atoms with Crippen molar-refractivity contribution in [1.29, 1.82) is 0 Å². The molecule has 1 aromatic carbocycles. The summed E-state index contributed by atoms with van der Waals surface area (Å²) in [5.74, 6) is 0.500. The number of rotatable bonds is 3. The lowest BCUT2D eigenvalue weighted by Gasteiger charge is -2.26. The molecule has 0 unspecified atom stereocenters. The molecular formula is C12H18N2O3S. The van der Waals surface area contributed by atoms with Crippen molar-refractivity contribution in [3.63, 3.8) is 0 Å². The van der Waals surface area contributed by atoms with Gasteiger partial charge >= 0.3 is 0 Å².